The van der Waals surface area contributed by atoms with Crippen molar-refractivity contribution in [2.75, 3.05) is 5.32 Å². The van der Waals surface area contributed by atoms with Crippen LogP contribution in [-0.2, 0) is 16.9 Å². The number of amidine groups is 1. The molecule has 148 valence electrons. The zero-order valence-corrected chi connectivity index (χ0v) is 16.1. The van der Waals surface area contributed by atoms with Crippen LogP contribution in [0.4, 0.5) is 5.69 Å². The quantitative estimate of drug-likeness (QED) is 0.344. The van der Waals surface area contributed by atoms with Crippen LogP contribution in [0.3, 0.4) is 0 Å². The predicted molar refractivity (Wildman–Crippen MR) is 113 cm³/mol. The van der Waals surface area contributed by atoms with E-state index in [4.69, 9.17) is 15.9 Å². The van der Waals surface area contributed by atoms with Gasteiger partial charge >= 0.3 is 5.97 Å². The molecule has 0 heterocycles. The van der Waals surface area contributed by atoms with E-state index in [0.29, 0.717) is 29.2 Å². The van der Waals surface area contributed by atoms with Crippen LogP contribution in [0.2, 0.25) is 0 Å². The van der Waals surface area contributed by atoms with E-state index in [2.05, 4.69) is 5.32 Å². The fourth-order valence-corrected chi connectivity index (χ4v) is 2.91. The number of aliphatic carboxylic acids is 1. The summed E-state index contributed by atoms with van der Waals surface area (Å²) in [5.74, 6) is -0.471. The molecule has 0 bridgehead atoms. The minimum absolute atomic E-state index is 0.0409. The number of nitrogen functional groups attached to an aromatic ring is 1. The van der Waals surface area contributed by atoms with Gasteiger partial charge < -0.3 is 20.9 Å². The standard InChI is InChI=1S/C23H23N3O3/c1-23(22(27)28,26-19-12-10-17(11-13-19)21(24)25)18-8-5-9-20(14-18)29-15-16-6-3-2-4-7-16/h2-14,26H,15H2,1H3,(H3,24,25)(H,27,28). The molecule has 1 atom stereocenters. The van der Waals surface area contributed by atoms with E-state index >= 15 is 0 Å². The summed E-state index contributed by atoms with van der Waals surface area (Å²) >= 11 is 0. The van der Waals surface area contributed by atoms with Gasteiger partial charge in [-0.3, -0.25) is 5.41 Å². The van der Waals surface area contributed by atoms with Gasteiger partial charge in [0.1, 0.15) is 18.2 Å². The lowest BCUT2D eigenvalue weighted by Gasteiger charge is -2.28. The fraction of sp³-hybridized carbons (Fsp3) is 0.130. The number of ether oxygens (including phenoxy) is 1. The van der Waals surface area contributed by atoms with E-state index in [1.165, 1.54) is 0 Å². The van der Waals surface area contributed by atoms with Gasteiger partial charge in [0, 0.05) is 11.3 Å². The molecule has 0 aromatic heterocycles. The Morgan fingerprint density at radius 3 is 2.38 bits per heavy atom. The van der Waals surface area contributed by atoms with Gasteiger partial charge in [0.05, 0.1) is 0 Å². The second-order valence-corrected chi connectivity index (χ2v) is 6.85. The van der Waals surface area contributed by atoms with Crippen molar-refractivity contribution in [3.05, 3.63) is 95.6 Å². The molecule has 0 saturated carbocycles. The minimum atomic E-state index is -1.37. The zero-order chi connectivity index (χ0) is 20.9. The molecule has 0 amide bonds. The van der Waals surface area contributed by atoms with Crippen LogP contribution >= 0.6 is 0 Å². The van der Waals surface area contributed by atoms with Gasteiger partial charge in [-0.05, 0) is 54.4 Å². The number of carbonyl (C=O) groups is 1. The highest BCUT2D eigenvalue weighted by Gasteiger charge is 2.35. The third-order valence-corrected chi connectivity index (χ3v) is 4.68. The molecule has 0 aliphatic carbocycles. The monoisotopic (exact) mass is 389 g/mol. The third kappa shape index (κ3) is 4.73. The molecule has 0 fully saturated rings. The van der Waals surface area contributed by atoms with Gasteiger partial charge in [-0.15, -0.1) is 0 Å². The lowest BCUT2D eigenvalue weighted by molar-refractivity contribution is -0.142. The van der Waals surface area contributed by atoms with Gasteiger partial charge in [0.25, 0.3) is 0 Å². The first kappa shape index (κ1) is 19.9. The Morgan fingerprint density at radius 1 is 1.07 bits per heavy atom. The summed E-state index contributed by atoms with van der Waals surface area (Å²) in [5.41, 5.74) is 6.87. The van der Waals surface area contributed by atoms with Crippen molar-refractivity contribution in [3.8, 4) is 5.75 Å². The smallest absolute Gasteiger partial charge is 0.333 e. The molecule has 0 aliphatic rings. The minimum Gasteiger partial charge on any atom is -0.489 e. The van der Waals surface area contributed by atoms with E-state index in [0.717, 1.165) is 5.56 Å². The van der Waals surface area contributed by atoms with E-state index in [1.54, 1.807) is 55.5 Å². The predicted octanol–water partition coefficient (Wildman–Crippen LogP) is 3.96. The SMILES string of the molecule is CC(Nc1ccc(C(=N)N)cc1)(C(=O)O)c1cccc(OCc2ccccc2)c1. The van der Waals surface area contributed by atoms with Crippen LogP contribution in [0, 0.1) is 5.41 Å². The molecule has 3 aromatic carbocycles. The van der Waals surface area contributed by atoms with Crippen LogP contribution in [0.15, 0.2) is 78.9 Å². The summed E-state index contributed by atoms with van der Waals surface area (Å²) in [5, 5.41) is 20.5. The Labute approximate surface area is 169 Å². The van der Waals surface area contributed by atoms with Crippen molar-refractivity contribution in [1.82, 2.24) is 0 Å². The molecule has 0 spiro atoms. The summed E-state index contributed by atoms with van der Waals surface area (Å²) in [4.78, 5) is 12.1. The first-order valence-electron chi connectivity index (χ1n) is 9.12. The summed E-state index contributed by atoms with van der Waals surface area (Å²) in [7, 11) is 0. The molecule has 29 heavy (non-hydrogen) atoms. The molecule has 6 heteroatoms. The number of rotatable bonds is 8. The molecule has 0 radical (unpaired) electrons. The second kappa shape index (κ2) is 8.48. The number of anilines is 1. The molecule has 0 aliphatic heterocycles. The summed E-state index contributed by atoms with van der Waals surface area (Å²) in [6.07, 6.45) is 0. The van der Waals surface area contributed by atoms with Gasteiger partial charge in [0.15, 0.2) is 5.54 Å². The van der Waals surface area contributed by atoms with Crippen LogP contribution in [0.1, 0.15) is 23.6 Å². The highest BCUT2D eigenvalue weighted by molar-refractivity contribution is 5.95. The lowest BCUT2D eigenvalue weighted by atomic mass is 9.91. The van der Waals surface area contributed by atoms with E-state index in [-0.39, 0.29) is 5.84 Å². The van der Waals surface area contributed by atoms with Gasteiger partial charge in [0.2, 0.25) is 0 Å². The van der Waals surface area contributed by atoms with Crippen LogP contribution in [0.5, 0.6) is 5.75 Å². The van der Waals surface area contributed by atoms with Gasteiger partial charge in [-0.25, -0.2) is 4.79 Å². The van der Waals surface area contributed by atoms with E-state index in [1.807, 2.05) is 30.3 Å². The van der Waals surface area contributed by atoms with Crippen molar-refractivity contribution in [1.29, 1.82) is 5.41 Å². The number of carboxylic acids is 1. The molecule has 5 N–H and O–H groups in total. The van der Waals surface area contributed by atoms with E-state index < -0.39 is 11.5 Å². The summed E-state index contributed by atoms with van der Waals surface area (Å²) < 4.78 is 5.84. The molecule has 0 saturated heterocycles. The highest BCUT2D eigenvalue weighted by Crippen LogP contribution is 2.29. The highest BCUT2D eigenvalue weighted by atomic mass is 16.5. The largest absolute Gasteiger partial charge is 0.489 e. The summed E-state index contributed by atoms with van der Waals surface area (Å²) in [6, 6.07) is 23.6. The number of benzene rings is 3. The first-order valence-corrected chi connectivity index (χ1v) is 9.12. The second-order valence-electron chi connectivity index (χ2n) is 6.85. The maximum absolute atomic E-state index is 12.1. The lowest BCUT2D eigenvalue weighted by Crippen LogP contribution is -2.40. The number of hydrogen-bond acceptors (Lipinski definition) is 4. The van der Waals surface area contributed by atoms with Crippen molar-refractivity contribution in [3.63, 3.8) is 0 Å². The Balaban J connectivity index is 1.82. The number of hydrogen-bond donors (Lipinski definition) is 4. The Bertz CT molecular complexity index is 1000. The van der Waals surface area contributed by atoms with Gasteiger partial charge in [-0.1, -0.05) is 42.5 Å². The molecular weight excluding hydrogens is 366 g/mol. The Kier molecular flexibility index (Phi) is 5.83. The number of nitrogens with one attached hydrogen (secondary N) is 2. The number of carboxylic acid groups (broad SMARTS) is 1. The van der Waals surface area contributed by atoms with Crippen LogP contribution < -0.4 is 15.8 Å². The van der Waals surface area contributed by atoms with Crippen molar-refractivity contribution in [2.45, 2.75) is 19.1 Å². The fourth-order valence-electron chi connectivity index (χ4n) is 2.91. The third-order valence-electron chi connectivity index (χ3n) is 4.68. The molecule has 1 unspecified atom stereocenters. The zero-order valence-electron chi connectivity index (χ0n) is 16.1. The van der Waals surface area contributed by atoms with Crippen LogP contribution in [-0.4, -0.2) is 16.9 Å². The molecule has 6 nitrogen and oxygen atoms in total. The summed E-state index contributed by atoms with van der Waals surface area (Å²) in [6.45, 7) is 2.00. The van der Waals surface area contributed by atoms with Crippen molar-refractivity contribution in [2.24, 2.45) is 5.73 Å². The Hall–Kier alpha value is -3.80. The number of nitrogens with two attached hydrogens (primary N) is 1. The first-order chi connectivity index (χ1) is 13.9. The molecule has 3 aromatic rings. The normalized spacial score (nSPS) is 12.6. The topological polar surface area (TPSA) is 108 Å². The van der Waals surface area contributed by atoms with Crippen molar-refractivity contribution < 1.29 is 14.6 Å². The van der Waals surface area contributed by atoms with Crippen molar-refractivity contribution >= 4 is 17.5 Å². The van der Waals surface area contributed by atoms with Gasteiger partial charge in [-0.2, -0.15) is 0 Å². The van der Waals surface area contributed by atoms with E-state index in [9.17, 15) is 9.90 Å². The molecular formula is C23H23N3O3. The average Bonchev–Trinajstić information content (AvgIpc) is 2.73. The van der Waals surface area contributed by atoms with Crippen LogP contribution in [0.25, 0.3) is 0 Å². The average molecular weight is 389 g/mol. The Morgan fingerprint density at radius 2 is 1.76 bits per heavy atom. The maximum atomic E-state index is 12.1. The molecule has 3 rings (SSSR count). The maximum Gasteiger partial charge on any atom is 0.333 e.